The van der Waals surface area contributed by atoms with Gasteiger partial charge in [-0.05, 0) is 37.1 Å². The van der Waals surface area contributed by atoms with Crippen LogP contribution in [0.25, 0.3) is 0 Å². The first-order valence-electron chi connectivity index (χ1n) is 9.30. The van der Waals surface area contributed by atoms with Gasteiger partial charge in [0, 0.05) is 49.7 Å². The highest BCUT2D eigenvalue weighted by molar-refractivity contribution is 5.54. The Balaban J connectivity index is 1.41. The molecule has 2 saturated heterocycles. The summed E-state index contributed by atoms with van der Waals surface area (Å²) < 4.78 is 5.42. The Morgan fingerprint density at radius 3 is 2.65 bits per heavy atom. The third-order valence-corrected chi connectivity index (χ3v) is 5.02. The van der Waals surface area contributed by atoms with Crippen molar-refractivity contribution in [3.05, 3.63) is 36.7 Å². The maximum atomic E-state index is 5.80. The van der Waals surface area contributed by atoms with Crippen molar-refractivity contribution in [3.8, 4) is 0 Å². The van der Waals surface area contributed by atoms with E-state index in [1.165, 1.54) is 5.69 Å². The molecule has 3 heterocycles. The first-order chi connectivity index (χ1) is 12.8. The minimum absolute atomic E-state index is 0.369. The lowest BCUT2D eigenvalue weighted by atomic mass is 10.0. The number of benzene rings is 1. The molecule has 1 aromatic heterocycles. The average Bonchev–Trinajstić information content (AvgIpc) is 2.70. The van der Waals surface area contributed by atoms with Gasteiger partial charge in [-0.1, -0.05) is 0 Å². The van der Waals surface area contributed by atoms with Gasteiger partial charge in [0.15, 0.2) is 0 Å². The normalized spacial score (nSPS) is 20.8. The number of morpholine rings is 1. The van der Waals surface area contributed by atoms with Gasteiger partial charge in [-0.25, -0.2) is 9.97 Å². The summed E-state index contributed by atoms with van der Waals surface area (Å²) >= 11 is 0. The minimum atomic E-state index is 0.369. The van der Waals surface area contributed by atoms with Gasteiger partial charge >= 0.3 is 0 Å². The number of aromatic nitrogens is 2. The molecule has 3 N–H and O–H groups in total. The Morgan fingerprint density at radius 1 is 1.04 bits per heavy atom. The van der Waals surface area contributed by atoms with Crippen LogP contribution in [0.15, 0.2) is 36.7 Å². The Kier molecular flexibility index (Phi) is 5.06. The van der Waals surface area contributed by atoms with E-state index in [4.69, 9.17) is 10.5 Å². The smallest absolute Gasteiger partial charge is 0.134 e. The fourth-order valence-corrected chi connectivity index (χ4v) is 3.62. The Labute approximate surface area is 154 Å². The second kappa shape index (κ2) is 7.78. The number of ether oxygens (including phenoxy) is 1. The van der Waals surface area contributed by atoms with Gasteiger partial charge in [0.2, 0.25) is 0 Å². The summed E-state index contributed by atoms with van der Waals surface area (Å²) in [5, 5.41) is 3.60. The number of anilines is 4. The Morgan fingerprint density at radius 2 is 1.85 bits per heavy atom. The fourth-order valence-electron chi connectivity index (χ4n) is 3.62. The van der Waals surface area contributed by atoms with Crippen LogP contribution in [-0.2, 0) is 4.74 Å². The summed E-state index contributed by atoms with van der Waals surface area (Å²) in [6.45, 7) is 5.30. The molecule has 26 heavy (non-hydrogen) atoms. The molecule has 0 bridgehead atoms. The van der Waals surface area contributed by atoms with Gasteiger partial charge in [0.1, 0.15) is 18.0 Å². The van der Waals surface area contributed by atoms with Crippen molar-refractivity contribution in [2.24, 2.45) is 0 Å². The van der Waals surface area contributed by atoms with Crippen LogP contribution in [0.1, 0.15) is 12.8 Å². The first kappa shape index (κ1) is 16.9. The highest BCUT2D eigenvalue weighted by Gasteiger charge is 2.21. The molecule has 138 valence electrons. The second-order valence-electron chi connectivity index (χ2n) is 6.88. The van der Waals surface area contributed by atoms with Crippen molar-refractivity contribution in [2.75, 3.05) is 60.2 Å². The number of piperidine rings is 1. The molecule has 2 aromatic rings. The second-order valence-corrected chi connectivity index (χ2v) is 6.88. The summed E-state index contributed by atoms with van der Waals surface area (Å²) in [6.07, 6.45) is 3.94. The van der Waals surface area contributed by atoms with E-state index in [1.54, 1.807) is 6.33 Å². The Hall–Kier alpha value is -2.54. The number of nitrogens with two attached hydrogens (primary N) is 1. The van der Waals surface area contributed by atoms with E-state index in [1.807, 2.05) is 18.2 Å². The van der Waals surface area contributed by atoms with Crippen LogP contribution in [0.3, 0.4) is 0 Å². The van der Waals surface area contributed by atoms with Crippen LogP contribution < -0.4 is 20.9 Å². The molecule has 0 amide bonds. The molecule has 7 nitrogen and oxygen atoms in total. The quantitative estimate of drug-likeness (QED) is 0.813. The molecule has 1 unspecified atom stereocenters. The van der Waals surface area contributed by atoms with Crippen LogP contribution >= 0.6 is 0 Å². The SMILES string of the molecule is Nc1ccc(N2CCCC(Nc3cc(N4CCOCC4)ncn3)C2)cc1. The number of nitrogen functional groups attached to an aromatic ring is 1. The molecule has 7 heteroatoms. The summed E-state index contributed by atoms with van der Waals surface area (Å²) in [5.74, 6) is 1.86. The molecular weight excluding hydrogens is 328 g/mol. The van der Waals surface area contributed by atoms with Crippen LogP contribution in [0.2, 0.25) is 0 Å². The molecule has 4 rings (SSSR count). The summed E-state index contributed by atoms with van der Waals surface area (Å²) in [6, 6.07) is 10.5. The molecule has 2 aliphatic rings. The van der Waals surface area contributed by atoms with Crippen molar-refractivity contribution in [2.45, 2.75) is 18.9 Å². The zero-order valence-corrected chi connectivity index (χ0v) is 15.0. The molecule has 0 spiro atoms. The zero-order chi connectivity index (χ0) is 17.8. The van der Waals surface area contributed by atoms with E-state index >= 15 is 0 Å². The molecular formula is C19H26N6O. The maximum Gasteiger partial charge on any atom is 0.134 e. The van der Waals surface area contributed by atoms with Crippen molar-refractivity contribution in [1.29, 1.82) is 0 Å². The molecule has 0 aliphatic carbocycles. The van der Waals surface area contributed by atoms with E-state index in [0.29, 0.717) is 6.04 Å². The lowest BCUT2D eigenvalue weighted by Crippen LogP contribution is -2.42. The highest BCUT2D eigenvalue weighted by atomic mass is 16.5. The van der Waals surface area contributed by atoms with E-state index in [2.05, 4.69) is 37.2 Å². The van der Waals surface area contributed by atoms with Gasteiger partial charge in [-0.2, -0.15) is 0 Å². The standard InChI is InChI=1S/C19H26N6O/c20-15-3-5-17(6-4-15)25-7-1-2-16(13-25)23-18-12-19(22-14-21-18)24-8-10-26-11-9-24/h3-6,12,14,16H,1-2,7-11,13,20H2,(H,21,22,23). The Bertz CT molecular complexity index is 716. The van der Waals surface area contributed by atoms with Gasteiger partial charge in [0.05, 0.1) is 13.2 Å². The third kappa shape index (κ3) is 3.99. The van der Waals surface area contributed by atoms with Gasteiger partial charge in [-0.3, -0.25) is 0 Å². The number of nitrogens with zero attached hydrogens (tertiary/aromatic N) is 4. The molecule has 2 aliphatic heterocycles. The van der Waals surface area contributed by atoms with Crippen LogP contribution in [0.4, 0.5) is 23.0 Å². The molecule has 1 atom stereocenters. The number of hydrogen-bond donors (Lipinski definition) is 2. The van der Waals surface area contributed by atoms with E-state index in [-0.39, 0.29) is 0 Å². The summed E-state index contributed by atoms with van der Waals surface area (Å²) in [7, 11) is 0. The topological polar surface area (TPSA) is 79.5 Å². The molecule has 2 fully saturated rings. The molecule has 0 saturated carbocycles. The van der Waals surface area contributed by atoms with Gasteiger partial charge in [0.25, 0.3) is 0 Å². The highest BCUT2D eigenvalue weighted by Crippen LogP contribution is 2.23. The molecule has 0 radical (unpaired) electrons. The largest absolute Gasteiger partial charge is 0.399 e. The molecule has 1 aromatic carbocycles. The first-order valence-corrected chi connectivity index (χ1v) is 9.30. The van der Waals surface area contributed by atoms with Gasteiger partial charge in [-0.15, -0.1) is 0 Å². The zero-order valence-electron chi connectivity index (χ0n) is 15.0. The van der Waals surface area contributed by atoms with Crippen molar-refractivity contribution in [3.63, 3.8) is 0 Å². The number of rotatable bonds is 4. The van der Waals surface area contributed by atoms with Gasteiger partial charge < -0.3 is 25.6 Å². The van der Waals surface area contributed by atoms with Crippen molar-refractivity contribution >= 4 is 23.0 Å². The predicted octanol–water partition coefficient (Wildman–Crippen LogP) is 1.98. The summed E-state index contributed by atoms with van der Waals surface area (Å²) in [5.41, 5.74) is 7.83. The average molecular weight is 354 g/mol. The lowest BCUT2D eigenvalue weighted by molar-refractivity contribution is 0.122. The number of nitrogens with one attached hydrogen (secondary N) is 1. The van der Waals surface area contributed by atoms with E-state index in [9.17, 15) is 0 Å². The van der Waals surface area contributed by atoms with Crippen LogP contribution in [0.5, 0.6) is 0 Å². The third-order valence-electron chi connectivity index (χ3n) is 5.02. The fraction of sp³-hybridized carbons (Fsp3) is 0.474. The van der Waals surface area contributed by atoms with Crippen molar-refractivity contribution < 1.29 is 4.74 Å². The van der Waals surface area contributed by atoms with Crippen LogP contribution in [-0.4, -0.2) is 55.4 Å². The summed E-state index contributed by atoms with van der Waals surface area (Å²) in [4.78, 5) is 13.5. The monoisotopic (exact) mass is 354 g/mol. The predicted molar refractivity (Wildman–Crippen MR) is 105 cm³/mol. The van der Waals surface area contributed by atoms with E-state index < -0.39 is 0 Å². The van der Waals surface area contributed by atoms with Crippen molar-refractivity contribution in [1.82, 2.24) is 9.97 Å². The van der Waals surface area contributed by atoms with Crippen LogP contribution in [0, 0.1) is 0 Å². The maximum absolute atomic E-state index is 5.80. The minimum Gasteiger partial charge on any atom is -0.399 e. The number of hydrogen-bond acceptors (Lipinski definition) is 7. The lowest BCUT2D eigenvalue weighted by Gasteiger charge is -2.35. The van der Waals surface area contributed by atoms with E-state index in [0.717, 1.165) is 69.6 Å².